The maximum absolute atomic E-state index is 12.2. The Morgan fingerprint density at radius 3 is 3.10 bits per heavy atom. The van der Waals surface area contributed by atoms with Crippen LogP contribution in [0.3, 0.4) is 0 Å². The molecule has 6 heteroatoms. The third-order valence-corrected chi connectivity index (χ3v) is 3.98. The molecule has 6 nitrogen and oxygen atoms in total. The number of hydrogen-bond acceptors (Lipinski definition) is 4. The molecule has 0 bridgehead atoms. The van der Waals surface area contributed by atoms with Crippen molar-refractivity contribution >= 4 is 5.91 Å². The lowest BCUT2D eigenvalue weighted by Crippen LogP contribution is -2.42. The number of nitrogens with zero attached hydrogens (tertiary/aromatic N) is 5. The summed E-state index contributed by atoms with van der Waals surface area (Å²) in [5, 5.41) is 12.9. The van der Waals surface area contributed by atoms with Gasteiger partial charge in [0.25, 0.3) is 0 Å². The number of nitriles is 1. The Labute approximate surface area is 125 Å². The van der Waals surface area contributed by atoms with E-state index in [1.165, 1.54) is 0 Å². The van der Waals surface area contributed by atoms with E-state index in [0.717, 1.165) is 31.5 Å². The fourth-order valence-corrected chi connectivity index (χ4v) is 2.73. The van der Waals surface area contributed by atoms with Gasteiger partial charge in [0.15, 0.2) is 0 Å². The molecule has 1 aliphatic heterocycles. The summed E-state index contributed by atoms with van der Waals surface area (Å²) >= 11 is 0. The second-order valence-electron chi connectivity index (χ2n) is 5.73. The first-order valence-corrected chi connectivity index (χ1v) is 7.44. The van der Waals surface area contributed by atoms with Crippen LogP contribution in [0.15, 0.2) is 12.4 Å². The molecule has 1 saturated heterocycles. The fourth-order valence-electron chi connectivity index (χ4n) is 2.73. The highest BCUT2D eigenvalue weighted by Gasteiger charge is 2.27. The van der Waals surface area contributed by atoms with Gasteiger partial charge in [-0.05, 0) is 31.9 Å². The van der Waals surface area contributed by atoms with Gasteiger partial charge in [0.05, 0.1) is 31.8 Å². The second-order valence-corrected chi connectivity index (χ2v) is 5.73. The monoisotopic (exact) mass is 289 g/mol. The zero-order valence-electron chi connectivity index (χ0n) is 12.8. The number of amides is 1. The van der Waals surface area contributed by atoms with Crippen LogP contribution in [-0.4, -0.2) is 58.2 Å². The van der Waals surface area contributed by atoms with Gasteiger partial charge in [-0.25, -0.2) is 0 Å². The Morgan fingerprint density at radius 1 is 1.62 bits per heavy atom. The van der Waals surface area contributed by atoms with Crippen LogP contribution < -0.4 is 0 Å². The zero-order valence-corrected chi connectivity index (χ0v) is 12.8. The summed E-state index contributed by atoms with van der Waals surface area (Å²) in [6.45, 7) is 4.77. The molecule has 0 spiro atoms. The normalized spacial score (nSPS) is 18.6. The molecule has 2 heterocycles. The third kappa shape index (κ3) is 4.30. The van der Waals surface area contributed by atoms with Crippen molar-refractivity contribution in [3.8, 4) is 6.07 Å². The summed E-state index contributed by atoms with van der Waals surface area (Å²) in [7, 11) is 1.77. The summed E-state index contributed by atoms with van der Waals surface area (Å²) in [6.07, 6.45) is 6.52. The number of rotatable bonds is 6. The minimum Gasteiger partial charge on any atom is -0.344 e. The standard InChI is InChI=1S/C15H23N5O/c1-13-9-17-20(10-13)11-14-5-3-8-19(14)12-15(21)18(2)7-4-6-16/h9-10,14H,3-5,7-8,11-12H2,1-2H3. The van der Waals surface area contributed by atoms with Crippen LogP contribution in [0.4, 0.5) is 0 Å². The molecule has 0 aromatic carbocycles. The molecular formula is C15H23N5O. The molecule has 1 amide bonds. The van der Waals surface area contributed by atoms with Gasteiger partial charge in [-0.3, -0.25) is 14.4 Å². The van der Waals surface area contributed by atoms with Crippen molar-refractivity contribution in [2.24, 2.45) is 0 Å². The second kappa shape index (κ2) is 7.23. The first-order valence-electron chi connectivity index (χ1n) is 7.44. The van der Waals surface area contributed by atoms with Gasteiger partial charge < -0.3 is 4.90 Å². The van der Waals surface area contributed by atoms with Crippen LogP contribution >= 0.6 is 0 Å². The lowest BCUT2D eigenvalue weighted by atomic mass is 10.2. The Bertz CT molecular complexity index is 518. The molecule has 0 radical (unpaired) electrons. The van der Waals surface area contributed by atoms with Gasteiger partial charge in [0.2, 0.25) is 5.91 Å². The smallest absolute Gasteiger partial charge is 0.236 e. The van der Waals surface area contributed by atoms with E-state index in [1.807, 2.05) is 24.0 Å². The average molecular weight is 289 g/mol. The van der Waals surface area contributed by atoms with Crippen molar-refractivity contribution in [2.45, 2.75) is 38.8 Å². The van der Waals surface area contributed by atoms with E-state index in [1.54, 1.807) is 11.9 Å². The van der Waals surface area contributed by atoms with Crippen LogP contribution in [0.5, 0.6) is 0 Å². The van der Waals surface area contributed by atoms with E-state index >= 15 is 0 Å². The first-order chi connectivity index (χ1) is 10.1. The topological polar surface area (TPSA) is 65.2 Å². The van der Waals surface area contributed by atoms with Crippen LogP contribution in [0.1, 0.15) is 24.8 Å². The van der Waals surface area contributed by atoms with E-state index in [0.29, 0.717) is 25.6 Å². The van der Waals surface area contributed by atoms with Gasteiger partial charge in [-0.15, -0.1) is 0 Å². The highest BCUT2D eigenvalue weighted by molar-refractivity contribution is 5.78. The molecule has 21 heavy (non-hydrogen) atoms. The summed E-state index contributed by atoms with van der Waals surface area (Å²) in [5.41, 5.74) is 1.16. The Morgan fingerprint density at radius 2 is 2.43 bits per heavy atom. The van der Waals surface area contributed by atoms with Gasteiger partial charge in [-0.1, -0.05) is 0 Å². The minimum absolute atomic E-state index is 0.0915. The molecule has 2 rings (SSSR count). The Hall–Kier alpha value is -1.87. The van der Waals surface area contributed by atoms with Crippen molar-refractivity contribution < 1.29 is 4.79 Å². The highest BCUT2D eigenvalue weighted by Crippen LogP contribution is 2.18. The predicted octanol–water partition coefficient (Wildman–Crippen LogP) is 1.03. The lowest BCUT2D eigenvalue weighted by molar-refractivity contribution is -0.131. The number of aromatic nitrogens is 2. The van der Waals surface area contributed by atoms with Gasteiger partial charge in [0, 0.05) is 25.8 Å². The highest BCUT2D eigenvalue weighted by atomic mass is 16.2. The number of likely N-dealkylation sites (N-methyl/N-ethyl adjacent to an activating group) is 1. The van der Waals surface area contributed by atoms with Crippen molar-refractivity contribution in [2.75, 3.05) is 26.7 Å². The number of carbonyl (C=O) groups excluding carboxylic acids is 1. The van der Waals surface area contributed by atoms with Crippen LogP contribution in [0, 0.1) is 18.3 Å². The maximum atomic E-state index is 12.2. The summed E-state index contributed by atoms with van der Waals surface area (Å²) in [5.74, 6) is 0.0915. The number of likely N-dealkylation sites (tertiary alicyclic amines) is 1. The van der Waals surface area contributed by atoms with E-state index in [4.69, 9.17) is 5.26 Å². The van der Waals surface area contributed by atoms with E-state index in [9.17, 15) is 4.79 Å². The molecule has 0 aliphatic carbocycles. The van der Waals surface area contributed by atoms with Crippen molar-refractivity contribution in [3.05, 3.63) is 18.0 Å². The third-order valence-electron chi connectivity index (χ3n) is 3.98. The molecule has 1 aromatic rings. The lowest BCUT2D eigenvalue weighted by Gasteiger charge is -2.26. The number of hydrogen-bond donors (Lipinski definition) is 0. The average Bonchev–Trinajstić information content (AvgIpc) is 3.06. The van der Waals surface area contributed by atoms with Crippen LogP contribution in [0.2, 0.25) is 0 Å². The van der Waals surface area contributed by atoms with Crippen molar-refractivity contribution in [1.82, 2.24) is 19.6 Å². The molecular weight excluding hydrogens is 266 g/mol. The van der Waals surface area contributed by atoms with E-state index < -0.39 is 0 Å². The Balaban J connectivity index is 1.87. The van der Waals surface area contributed by atoms with Gasteiger partial charge in [0.1, 0.15) is 0 Å². The van der Waals surface area contributed by atoms with Crippen molar-refractivity contribution in [3.63, 3.8) is 0 Å². The molecule has 1 aliphatic rings. The van der Waals surface area contributed by atoms with E-state index in [-0.39, 0.29) is 5.91 Å². The fraction of sp³-hybridized carbons (Fsp3) is 0.667. The number of aryl methyl sites for hydroxylation is 1. The van der Waals surface area contributed by atoms with Gasteiger partial charge >= 0.3 is 0 Å². The predicted molar refractivity (Wildman–Crippen MR) is 79.4 cm³/mol. The molecule has 1 aromatic heterocycles. The Kier molecular flexibility index (Phi) is 5.34. The largest absolute Gasteiger partial charge is 0.344 e. The van der Waals surface area contributed by atoms with Crippen LogP contribution in [0.25, 0.3) is 0 Å². The molecule has 0 saturated carbocycles. The van der Waals surface area contributed by atoms with Gasteiger partial charge in [-0.2, -0.15) is 10.4 Å². The quantitative estimate of drug-likeness (QED) is 0.784. The SMILES string of the molecule is Cc1cnn(CC2CCCN2CC(=O)N(C)CCC#N)c1. The molecule has 1 unspecified atom stereocenters. The molecule has 114 valence electrons. The van der Waals surface area contributed by atoms with E-state index in [2.05, 4.69) is 16.1 Å². The maximum Gasteiger partial charge on any atom is 0.236 e. The number of carbonyl (C=O) groups is 1. The zero-order chi connectivity index (χ0) is 15.2. The molecule has 0 N–H and O–H groups in total. The molecule has 1 fully saturated rings. The summed E-state index contributed by atoms with van der Waals surface area (Å²) in [6, 6.07) is 2.44. The minimum atomic E-state index is 0.0915. The summed E-state index contributed by atoms with van der Waals surface area (Å²) in [4.78, 5) is 16.0. The van der Waals surface area contributed by atoms with Crippen molar-refractivity contribution in [1.29, 1.82) is 5.26 Å². The first kappa shape index (κ1) is 15.5. The van der Waals surface area contributed by atoms with Crippen LogP contribution in [-0.2, 0) is 11.3 Å². The summed E-state index contributed by atoms with van der Waals surface area (Å²) < 4.78 is 1.96. The molecule has 1 atom stereocenters.